The molecule has 0 aliphatic rings. The van der Waals surface area contributed by atoms with Gasteiger partial charge in [0.25, 0.3) is 0 Å². The minimum atomic E-state index is -1.07. The number of carbonyl (C=O) groups excluding carboxylic acids is 2. The molecule has 0 spiro atoms. The lowest BCUT2D eigenvalue weighted by atomic mass is 10.2. The number of rotatable bonds is 9. The van der Waals surface area contributed by atoms with Crippen LogP contribution in [0, 0.1) is 0 Å². The molecule has 0 radical (unpaired) electrons. The van der Waals surface area contributed by atoms with E-state index in [-0.39, 0.29) is 13.2 Å². The highest BCUT2D eigenvalue weighted by atomic mass is 16.6. The summed E-state index contributed by atoms with van der Waals surface area (Å²) in [5, 5.41) is 0. The minimum Gasteiger partial charge on any atom is -0.464 e. The van der Waals surface area contributed by atoms with Crippen LogP contribution in [0.25, 0.3) is 0 Å². The molecule has 0 N–H and O–H groups in total. The maximum atomic E-state index is 11.8. The van der Waals surface area contributed by atoms with Crippen LogP contribution in [0.2, 0.25) is 0 Å². The van der Waals surface area contributed by atoms with Gasteiger partial charge in [-0.05, 0) is 13.8 Å². The van der Waals surface area contributed by atoms with Crippen LogP contribution in [0.5, 0.6) is 0 Å². The van der Waals surface area contributed by atoms with Gasteiger partial charge in [0.2, 0.25) is 6.04 Å². The summed E-state index contributed by atoms with van der Waals surface area (Å²) < 4.78 is 9.79. The van der Waals surface area contributed by atoms with Crippen molar-refractivity contribution in [2.45, 2.75) is 19.9 Å². The van der Waals surface area contributed by atoms with Gasteiger partial charge in [0.05, 0.1) is 13.2 Å². The Bertz CT molecular complexity index is 273. The first-order chi connectivity index (χ1) is 8.62. The maximum absolute atomic E-state index is 11.8. The number of esters is 2. The van der Waals surface area contributed by atoms with Crippen LogP contribution in [0.15, 0.2) is 25.3 Å². The van der Waals surface area contributed by atoms with E-state index >= 15 is 0 Å². The zero-order valence-corrected chi connectivity index (χ0v) is 11.1. The number of ether oxygens (including phenoxy) is 2. The van der Waals surface area contributed by atoms with Crippen LogP contribution in [0.4, 0.5) is 0 Å². The maximum Gasteiger partial charge on any atom is 0.335 e. The van der Waals surface area contributed by atoms with Crippen molar-refractivity contribution in [2.75, 3.05) is 26.3 Å². The van der Waals surface area contributed by atoms with Gasteiger partial charge in [0.1, 0.15) is 0 Å². The summed E-state index contributed by atoms with van der Waals surface area (Å²) in [4.78, 5) is 25.2. The molecule has 0 aromatic carbocycles. The highest BCUT2D eigenvalue weighted by Crippen LogP contribution is 2.06. The summed E-state index contributed by atoms with van der Waals surface area (Å²) in [6, 6.07) is -1.07. The van der Waals surface area contributed by atoms with E-state index in [1.54, 1.807) is 30.9 Å². The molecule has 0 aliphatic heterocycles. The van der Waals surface area contributed by atoms with Crippen LogP contribution < -0.4 is 0 Å². The van der Waals surface area contributed by atoms with Gasteiger partial charge in [0, 0.05) is 13.1 Å². The van der Waals surface area contributed by atoms with E-state index in [9.17, 15) is 9.59 Å². The van der Waals surface area contributed by atoms with E-state index in [1.807, 2.05) is 0 Å². The Morgan fingerprint density at radius 3 is 1.72 bits per heavy atom. The fraction of sp³-hybridized carbons (Fsp3) is 0.538. The predicted octanol–water partition coefficient (Wildman–Crippen LogP) is 1.16. The smallest absolute Gasteiger partial charge is 0.335 e. The van der Waals surface area contributed by atoms with Crippen molar-refractivity contribution in [3.8, 4) is 0 Å². The predicted molar refractivity (Wildman–Crippen MR) is 69.0 cm³/mol. The molecule has 0 atom stereocenters. The third-order valence-corrected chi connectivity index (χ3v) is 2.11. The lowest BCUT2D eigenvalue weighted by Crippen LogP contribution is -2.48. The molecular weight excluding hydrogens is 234 g/mol. The molecule has 0 fully saturated rings. The van der Waals surface area contributed by atoms with Crippen LogP contribution in [0.1, 0.15) is 13.8 Å². The van der Waals surface area contributed by atoms with Gasteiger partial charge in [-0.2, -0.15) is 0 Å². The number of nitrogens with zero attached hydrogens (tertiary/aromatic N) is 1. The Morgan fingerprint density at radius 2 is 1.44 bits per heavy atom. The standard InChI is InChI=1S/C13H21NO4/c1-5-9-14(10-6-2)11(12(15)17-7-3)13(16)18-8-4/h5-6,11H,1-2,7-10H2,3-4H3. The molecule has 0 aromatic heterocycles. The van der Waals surface area contributed by atoms with Crippen molar-refractivity contribution in [2.24, 2.45) is 0 Å². The first-order valence-electron chi connectivity index (χ1n) is 5.91. The van der Waals surface area contributed by atoms with Crippen molar-refractivity contribution in [3.05, 3.63) is 25.3 Å². The molecule has 18 heavy (non-hydrogen) atoms. The van der Waals surface area contributed by atoms with Crippen molar-refractivity contribution in [1.82, 2.24) is 4.90 Å². The summed E-state index contributed by atoms with van der Waals surface area (Å²) in [7, 11) is 0. The molecule has 0 amide bonds. The van der Waals surface area contributed by atoms with E-state index in [0.717, 1.165) is 0 Å². The van der Waals surface area contributed by atoms with Crippen molar-refractivity contribution in [1.29, 1.82) is 0 Å². The van der Waals surface area contributed by atoms with E-state index in [4.69, 9.17) is 9.47 Å². The number of carbonyl (C=O) groups is 2. The zero-order valence-electron chi connectivity index (χ0n) is 11.1. The van der Waals surface area contributed by atoms with E-state index in [1.165, 1.54) is 0 Å². The minimum absolute atomic E-state index is 0.213. The van der Waals surface area contributed by atoms with Crippen LogP contribution in [-0.2, 0) is 19.1 Å². The second-order valence-electron chi connectivity index (χ2n) is 3.44. The summed E-state index contributed by atoms with van der Waals surface area (Å²) in [5.41, 5.74) is 0. The zero-order chi connectivity index (χ0) is 14.0. The lowest BCUT2D eigenvalue weighted by Gasteiger charge is -2.26. The fourth-order valence-electron chi connectivity index (χ4n) is 1.45. The van der Waals surface area contributed by atoms with E-state index < -0.39 is 18.0 Å². The third kappa shape index (κ3) is 5.14. The van der Waals surface area contributed by atoms with E-state index in [2.05, 4.69) is 13.2 Å². The average molecular weight is 255 g/mol. The molecule has 0 unspecified atom stereocenters. The highest BCUT2D eigenvalue weighted by Gasteiger charge is 2.34. The molecule has 0 aromatic rings. The molecule has 5 heteroatoms. The van der Waals surface area contributed by atoms with E-state index in [0.29, 0.717) is 13.1 Å². The monoisotopic (exact) mass is 255 g/mol. The largest absolute Gasteiger partial charge is 0.464 e. The molecule has 102 valence electrons. The first kappa shape index (κ1) is 16.4. The summed E-state index contributed by atoms with van der Waals surface area (Å²) >= 11 is 0. The van der Waals surface area contributed by atoms with Crippen LogP contribution in [-0.4, -0.2) is 49.2 Å². The molecular formula is C13H21NO4. The average Bonchev–Trinajstić information content (AvgIpc) is 2.30. The normalized spacial score (nSPS) is 10.2. The van der Waals surface area contributed by atoms with Gasteiger partial charge in [-0.1, -0.05) is 12.2 Å². The molecule has 0 rings (SSSR count). The Hall–Kier alpha value is -1.62. The molecule has 0 heterocycles. The van der Waals surface area contributed by atoms with Gasteiger partial charge < -0.3 is 9.47 Å². The lowest BCUT2D eigenvalue weighted by molar-refractivity contribution is -0.163. The second kappa shape index (κ2) is 9.41. The van der Waals surface area contributed by atoms with Crippen molar-refractivity contribution < 1.29 is 19.1 Å². The highest BCUT2D eigenvalue weighted by molar-refractivity contribution is 5.99. The van der Waals surface area contributed by atoms with Crippen molar-refractivity contribution >= 4 is 11.9 Å². The Kier molecular flexibility index (Phi) is 8.57. The topological polar surface area (TPSA) is 55.8 Å². The molecule has 0 bridgehead atoms. The number of hydrogen-bond acceptors (Lipinski definition) is 5. The van der Waals surface area contributed by atoms with Gasteiger partial charge in [0.15, 0.2) is 0 Å². The van der Waals surface area contributed by atoms with Gasteiger partial charge in [-0.15, -0.1) is 13.2 Å². The molecule has 0 saturated heterocycles. The second-order valence-corrected chi connectivity index (χ2v) is 3.44. The molecule has 0 aliphatic carbocycles. The van der Waals surface area contributed by atoms with Gasteiger partial charge in [-0.3, -0.25) is 4.90 Å². The SMILES string of the molecule is C=CCN(CC=C)C(C(=O)OCC)C(=O)OCC. The first-order valence-corrected chi connectivity index (χ1v) is 5.91. The fourth-order valence-corrected chi connectivity index (χ4v) is 1.45. The Balaban J connectivity index is 4.99. The summed E-state index contributed by atoms with van der Waals surface area (Å²) in [6.07, 6.45) is 3.21. The van der Waals surface area contributed by atoms with Crippen molar-refractivity contribution in [3.63, 3.8) is 0 Å². The Labute approximate surface area is 108 Å². The summed E-state index contributed by atoms with van der Waals surface area (Å²) in [6.45, 7) is 11.7. The van der Waals surface area contributed by atoms with Gasteiger partial charge in [-0.25, -0.2) is 9.59 Å². The van der Waals surface area contributed by atoms with Gasteiger partial charge >= 0.3 is 11.9 Å². The van der Waals surface area contributed by atoms with Crippen LogP contribution >= 0.6 is 0 Å². The molecule has 0 saturated carbocycles. The third-order valence-electron chi connectivity index (χ3n) is 2.11. The van der Waals surface area contributed by atoms with Crippen LogP contribution in [0.3, 0.4) is 0 Å². The summed E-state index contributed by atoms with van der Waals surface area (Å²) in [5.74, 6) is -1.22. The molecule has 5 nitrogen and oxygen atoms in total. The quantitative estimate of drug-likeness (QED) is 0.351. The Morgan fingerprint density at radius 1 is 1.06 bits per heavy atom. The number of hydrogen-bond donors (Lipinski definition) is 0.